The van der Waals surface area contributed by atoms with Gasteiger partial charge in [0.05, 0.1) is 10.6 Å². The van der Waals surface area contributed by atoms with E-state index in [9.17, 15) is 8.78 Å². The average molecular weight is 475 g/mol. The molecule has 1 fully saturated rings. The predicted octanol–water partition coefficient (Wildman–Crippen LogP) is 6.27. The summed E-state index contributed by atoms with van der Waals surface area (Å²) in [6.45, 7) is 2.04. The van der Waals surface area contributed by atoms with Crippen molar-refractivity contribution in [3.63, 3.8) is 0 Å². The number of nitrogens with two attached hydrogens (primary N) is 1. The van der Waals surface area contributed by atoms with Gasteiger partial charge in [-0.15, -0.1) is 0 Å². The van der Waals surface area contributed by atoms with Crippen LogP contribution in [0.2, 0.25) is 0 Å². The predicted molar refractivity (Wildman–Crippen MR) is 119 cm³/mol. The molecule has 30 heavy (non-hydrogen) atoms. The molecule has 2 aromatic carbocycles. The van der Waals surface area contributed by atoms with E-state index in [2.05, 4.69) is 20.9 Å². The average Bonchev–Trinajstić information content (AvgIpc) is 2.76. The van der Waals surface area contributed by atoms with Crippen LogP contribution in [0.3, 0.4) is 0 Å². The highest BCUT2D eigenvalue weighted by Gasteiger charge is 2.42. The summed E-state index contributed by atoms with van der Waals surface area (Å²) in [6.07, 6.45) is 7.55. The summed E-state index contributed by atoms with van der Waals surface area (Å²) in [5, 5.41) is 2.12. The van der Waals surface area contributed by atoms with Crippen LogP contribution in [0.25, 0.3) is 10.8 Å². The maximum absolute atomic E-state index is 14.0. The van der Waals surface area contributed by atoms with E-state index in [1.54, 1.807) is 12.3 Å². The zero-order chi connectivity index (χ0) is 21.3. The van der Waals surface area contributed by atoms with Gasteiger partial charge in [0.2, 0.25) is 0 Å². The van der Waals surface area contributed by atoms with E-state index in [-0.39, 0.29) is 17.6 Å². The van der Waals surface area contributed by atoms with Crippen LogP contribution >= 0.6 is 15.9 Å². The van der Waals surface area contributed by atoms with Crippen molar-refractivity contribution in [3.8, 4) is 5.75 Å². The molecule has 1 aliphatic rings. The second-order valence-corrected chi connectivity index (χ2v) is 8.98. The monoisotopic (exact) mass is 474 g/mol. The first kappa shape index (κ1) is 21.2. The van der Waals surface area contributed by atoms with Crippen molar-refractivity contribution >= 4 is 26.7 Å². The molecule has 0 spiro atoms. The van der Waals surface area contributed by atoms with Gasteiger partial charge in [-0.2, -0.15) is 0 Å². The van der Waals surface area contributed by atoms with Gasteiger partial charge in [0.25, 0.3) is 0 Å². The highest BCUT2D eigenvalue weighted by Crippen LogP contribution is 2.44. The molecule has 1 heterocycles. The van der Waals surface area contributed by atoms with Gasteiger partial charge in [0.1, 0.15) is 5.75 Å². The van der Waals surface area contributed by atoms with Crippen molar-refractivity contribution in [3.05, 3.63) is 70.5 Å². The minimum Gasteiger partial charge on any atom is -0.489 e. The molecular formula is C24H25BrF2N2O. The molecule has 158 valence electrons. The van der Waals surface area contributed by atoms with Crippen molar-refractivity contribution in [2.24, 2.45) is 5.73 Å². The minimum absolute atomic E-state index is 0.0445. The first-order valence-electron chi connectivity index (χ1n) is 10.3. The molecular weight excluding hydrogens is 450 g/mol. The van der Waals surface area contributed by atoms with Crippen molar-refractivity contribution in [1.29, 1.82) is 0 Å². The third-order valence-corrected chi connectivity index (χ3v) is 7.07. The topological polar surface area (TPSA) is 48.1 Å². The molecule has 0 saturated heterocycles. The lowest BCUT2D eigenvalue weighted by Gasteiger charge is -2.44. The Balaban J connectivity index is 1.55. The highest BCUT2D eigenvalue weighted by molar-refractivity contribution is 9.10. The number of halogens is 3. The quantitative estimate of drug-likeness (QED) is 0.473. The summed E-state index contributed by atoms with van der Waals surface area (Å²) in [4.78, 5) is 4.16. The van der Waals surface area contributed by atoms with Crippen LogP contribution < -0.4 is 10.5 Å². The van der Waals surface area contributed by atoms with Gasteiger partial charge in [-0.3, -0.25) is 4.98 Å². The second kappa shape index (κ2) is 8.60. The fraction of sp³-hybridized carbons (Fsp3) is 0.375. The molecule has 4 rings (SSSR count). The number of aromatic nitrogens is 1. The van der Waals surface area contributed by atoms with Crippen LogP contribution in [0, 0.1) is 11.6 Å². The minimum atomic E-state index is -0.827. The van der Waals surface area contributed by atoms with E-state index in [1.165, 1.54) is 12.1 Å². The molecule has 1 aromatic heterocycles. The Morgan fingerprint density at radius 3 is 2.60 bits per heavy atom. The Bertz CT molecular complexity index is 1050. The van der Waals surface area contributed by atoms with Gasteiger partial charge >= 0.3 is 0 Å². The molecule has 1 aliphatic carbocycles. The van der Waals surface area contributed by atoms with E-state index >= 15 is 0 Å². The smallest absolute Gasteiger partial charge is 0.159 e. The highest BCUT2D eigenvalue weighted by atomic mass is 79.9. The van der Waals surface area contributed by atoms with Gasteiger partial charge in [0.15, 0.2) is 11.6 Å². The van der Waals surface area contributed by atoms with Gasteiger partial charge in [-0.1, -0.05) is 13.0 Å². The van der Waals surface area contributed by atoms with Crippen molar-refractivity contribution in [1.82, 2.24) is 4.98 Å². The molecule has 0 bridgehead atoms. The van der Waals surface area contributed by atoms with Gasteiger partial charge in [-0.05, 0) is 89.3 Å². The fourth-order valence-electron chi connectivity index (χ4n) is 4.65. The van der Waals surface area contributed by atoms with Crippen molar-refractivity contribution in [2.45, 2.75) is 56.6 Å². The number of hydrogen-bond donors (Lipinski definition) is 1. The number of ether oxygens (including phenoxy) is 1. The maximum atomic E-state index is 14.0. The zero-order valence-corrected chi connectivity index (χ0v) is 18.5. The van der Waals surface area contributed by atoms with E-state index in [0.717, 1.165) is 58.7 Å². The molecule has 0 amide bonds. The van der Waals surface area contributed by atoms with E-state index < -0.39 is 11.6 Å². The molecule has 0 aliphatic heterocycles. The number of hydrogen-bond acceptors (Lipinski definition) is 3. The fourth-order valence-corrected chi connectivity index (χ4v) is 5.11. The van der Waals surface area contributed by atoms with Crippen LogP contribution in [-0.4, -0.2) is 17.1 Å². The van der Waals surface area contributed by atoms with Crippen LogP contribution in [0.15, 0.2) is 53.3 Å². The normalized spacial score (nSPS) is 22.8. The van der Waals surface area contributed by atoms with Gasteiger partial charge in [-0.25, -0.2) is 8.78 Å². The number of pyridine rings is 1. The lowest BCUT2D eigenvalue weighted by atomic mass is 9.64. The maximum Gasteiger partial charge on any atom is 0.159 e. The van der Waals surface area contributed by atoms with E-state index in [0.29, 0.717) is 0 Å². The molecule has 3 nitrogen and oxygen atoms in total. The van der Waals surface area contributed by atoms with Crippen molar-refractivity contribution in [2.75, 3.05) is 0 Å². The Hall–Kier alpha value is -2.05. The lowest BCUT2D eigenvalue weighted by molar-refractivity contribution is 0.103. The van der Waals surface area contributed by atoms with Crippen LogP contribution in [-0.2, 0) is 5.41 Å². The first-order chi connectivity index (χ1) is 14.4. The standard InChI is InChI=1S/C24H25BrF2N2O/c1-2-23(28)24(17-3-4-20(26)21(27)13-17)8-5-18(6-9-24)30-22-12-15-7-10-29-14-16(15)11-19(22)25/h3-4,7,10-14,18,23H,2,5-6,8-9,28H2,1H3/t18-,23?,24+. The SMILES string of the molecule is CCC(N)[C@]1(c2ccc(F)c(F)c2)CC[C@H](Oc2cc3ccncc3cc2Br)CC1. The zero-order valence-electron chi connectivity index (χ0n) is 16.9. The number of fused-ring (bicyclic) bond motifs is 1. The molecule has 2 N–H and O–H groups in total. The summed E-state index contributed by atoms with van der Waals surface area (Å²) in [7, 11) is 0. The van der Waals surface area contributed by atoms with Crippen molar-refractivity contribution < 1.29 is 13.5 Å². The Morgan fingerprint density at radius 1 is 1.13 bits per heavy atom. The van der Waals surface area contributed by atoms with Gasteiger partial charge in [0, 0.05) is 29.2 Å². The summed E-state index contributed by atoms with van der Waals surface area (Å²) in [5.41, 5.74) is 6.94. The summed E-state index contributed by atoms with van der Waals surface area (Å²) < 4.78 is 34.7. The van der Waals surface area contributed by atoms with E-state index in [1.807, 2.05) is 31.3 Å². The van der Waals surface area contributed by atoms with Crippen LogP contribution in [0.4, 0.5) is 8.78 Å². The summed E-state index contributed by atoms with van der Waals surface area (Å²) in [6, 6.07) is 10.1. The molecule has 6 heteroatoms. The Morgan fingerprint density at radius 2 is 1.90 bits per heavy atom. The Labute approximate surface area is 183 Å². The summed E-state index contributed by atoms with van der Waals surface area (Å²) >= 11 is 3.60. The molecule has 1 atom stereocenters. The third-order valence-electron chi connectivity index (χ3n) is 6.45. The third kappa shape index (κ3) is 3.95. The van der Waals surface area contributed by atoms with Crippen LogP contribution in [0.1, 0.15) is 44.6 Å². The second-order valence-electron chi connectivity index (χ2n) is 8.12. The number of nitrogens with zero attached hydrogens (tertiary/aromatic N) is 1. The van der Waals surface area contributed by atoms with Gasteiger partial charge < -0.3 is 10.5 Å². The number of rotatable bonds is 5. The number of benzene rings is 2. The largest absolute Gasteiger partial charge is 0.489 e. The summed E-state index contributed by atoms with van der Waals surface area (Å²) in [5.74, 6) is -0.839. The first-order valence-corrected chi connectivity index (χ1v) is 11.1. The van der Waals surface area contributed by atoms with Crippen LogP contribution in [0.5, 0.6) is 5.75 Å². The lowest BCUT2D eigenvalue weighted by Crippen LogP contribution is -2.49. The Kier molecular flexibility index (Phi) is 6.07. The molecule has 1 saturated carbocycles. The molecule has 3 aromatic rings. The molecule has 1 unspecified atom stereocenters. The molecule has 0 radical (unpaired) electrons. The van der Waals surface area contributed by atoms with E-state index in [4.69, 9.17) is 10.5 Å².